The smallest absolute Gasteiger partial charge is 0.462 e. The zero-order valence-electron chi connectivity index (χ0n) is 18.3. The molecule has 0 bridgehead atoms. The molecular weight excluding hydrogens is 521 g/mol. The summed E-state index contributed by atoms with van der Waals surface area (Å²) in [5, 5.41) is 0. The Morgan fingerprint density at radius 3 is 1.61 bits per heavy atom. The van der Waals surface area contributed by atoms with E-state index in [0.717, 1.165) is 12.0 Å². The quantitative estimate of drug-likeness (QED) is 0.274. The van der Waals surface area contributed by atoms with Gasteiger partial charge in [0.05, 0.1) is 13.2 Å². The van der Waals surface area contributed by atoms with E-state index in [4.69, 9.17) is 4.74 Å². The fraction of sp³-hybridized carbons (Fsp3) is 0.455. The summed E-state index contributed by atoms with van der Waals surface area (Å²) in [7, 11) is 0. The standard InChI is InChI=1S/C22H19F11O3/c1-2-11-35-17-9-7-16(8-10-17)15-5-3-14(4-6-15)12-34-13-18(23,20(26,27)28)36-22(32,33)19(24,25)21(29,30)31/h3-10H,2,11-13H2,1H3. The summed E-state index contributed by atoms with van der Waals surface area (Å²) in [4.78, 5) is 0. The highest BCUT2D eigenvalue weighted by molar-refractivity contribution is 5.64. The van der Waals surface area contributed by atoms with Crippen LogP contribution < -0.4 is 4.74 Å². The van der Waals surface area contributed by atoms with Crippen molar-refractivity contribution in [3.8, 4) is 16.9 Å². The van der Waals surface area contributed by atoms with E-state index < -0.39 is 43.5 Å². The number of alkyl halides is 11. The van der Waals surface area contributed by atoms with E-state index in [0.29, 0.717) is 17.9 Å². The van der Waals surface area contributed by atoms with Gasteiger partial charge in [0.1, 0.15) is 12.4 Å². The summed E-state index contributed by atoms with van der Waals surface area (Å²) in [6, 6.07) is 12.5. The molecule has 36 heavy (non-hydrogen) atoms. The van der Waals surface area contributed by atoms with Gasteiger partial charge in [-0.1, -0.05) is 43.3 Å². The molecule has 2 rings (SSSR count). The third kappa shape index (κ3) is 6.78. The van der Waals surface area contributed by atoms with Crippen LogP contribution in [-0.4, -0.2) is 43.5 Å². The minimum Gasteiger partial charge on any atom is -0.494 e. The van der Waals surface area contributed by atoms with E-state index in [2.05, 4.69) is 9.47 Å². The number of ether oxygens (including phenoxy) is 3. The Bertz CT molecular complexity index is 971. The summed E-state index contributed by atoms with van der Waals surface area (Å²) >= 11 is 0. The van der Waals surface area contributed by atoms with Crippen molar-refractivity contribution in [2.45, 2.75) is 50.2 Å². The topological polar surface area (TPSA) is 27.7 Å². The van der Waals surface area contributed by atoms with Gasteiger partial charge in [-0.3, -0.25) is 4.74 Å². The molecule has 0 aliphatic rings. The lowest BCUT2D eigenvalue weighted by molar-refractivity contribution is -0.486. The molecule has 1 atom stereocenters. The van der Waals surface area contributed by atoms with Gasteiger partial charge in [-0.25, -0.2) is 0 Å². The number of rotatable bonds is 11. The van der Waals surface area contributed by atoms with Crippen LogP contribution in [-0.2, 0) is 16.1 Å². The second kappa shape index (κ2) is 10.8. The first kappa shape index (κ1) is 29.6. The van der Waals surface area contributed by atoms with Crippen molar-refractivity contribution in [1.82, 2.24) is 0 Å². The Morgan fingerprint density at radius 2 is 1.17 bits per heavy atom. The lowest BCUT2D eigenvalue weighted by Crippen LogP contribution is -2.60. The average molecular weight is 540 g/mol. The molecule has 0 aliphatic heterocycles. The highest BCUT2D eigenvalue weighted by Crippen LogP contribution is 2.51. The summed E-state index contributed by atoms with van der Waals surface area (Å²) in [6.07, 6.45) is -19.5. The van der Waals surface area contributed by atoms with Crippen LogP contribution in [0.1, 0.15) is 18.9 Å². The lowest BCUT2D eigenvalue weighted by Gasteiger charge is -2.34. The molecule has 14 heteroatoms. The molecular formula is C22H19F11O3. The number of hydrogen-bond donors (Lipinski definition) is 0. The number of halogens is 11. The molecule has 0 aromatic heterocycles. The maximum absolute atomic E-state index is 14.1. The Morgan fingerprint density at radius 1 is 0.667 bits per heavy atom. The van der Waals surface area contributed by atoms with Crippen LogP contribution in [0.3, 0.4) is 0 Å². The number of benzene rings is 2. The van der Waals surface area contributed by atoms with Gasteiger partial charge in [-0.15, -0.1) is 0 Å². The molecule has 202 valence electrons. The van der Waals surface area contributed by atoms with Crippen molar-refractivity contribution in [1.29, 1.82) is 0 Å². The Balaban J connectivity index is 2.07. The van der Waals surface area contributed by atoms with Crippen molar-refractivity contribution in [3.63, 3.8) is 0 Å². The van der Waals surface area contributed by atoms with Crippen molar-refractivity contribution in [2.75, 3.05) is 13.2 Å². The molecule has 0 aliphatic carbocycles. The van der Waals surface area contributed by atoms with E-state index in [1.807, 2.05) is 6.92 Å². The zero-order valence-corrected chi connectivity index (χ0v) is 18.3. The van der Waals surface area contributed by atoms with E-state index in [1.165, 1.54) is 24.3 Å². The molecule has 2 aromatic rings. The minimum absolute atomic E-state index is 0.110. The van der Waals surface area contributed by atoms with Crippen LogP contribution in [0.2, 0.25) is 0 Å². The zero-order chi connectivity index (χ0) is 27.4. The molecule has 0 fully saturated rings. The third-order valence-corrected chi connectivity index (χ3v) is 4.61. The molecule has 0 radical (unpaired) electrons. The molecule has 0 saturated carbocycles. The van der Waals surface area contributed by atoms with Gasteiger partial charge in [0.2, 0.25) is 0 Å². The maximum Gasteiger partial charge on any atom is 0.462 e. The van der Waals surface area contributed by atoms with Crippen LogP contribution in [0.25, 0.3) is 11.1 Å². The fourth-order valence-electron chi connectivity index (χ4n) is 2.66. The predicted molar refractivity (Wildman–Crippen MR) is 104 cm³/mol. The van der Waals surface area contributed by atoms with Gasteiger partial charge in [0.25, 0.3) is 0 Å². The van der Waals surface area contributed by atoms with Crippen LogP contribution in [0.15, 0.2) is 48.5 Å². The van der Waals surface area contributed by atoms with Crippen LogP contribution in [0, 0.1) is 0 Å². The molecule has 0 spiro atoms. The summed E-state index contributed by atoms with van der Waals surface area (Å²) in [5.74, 6) is -12.2. The van der Waals surface area contributed by atoms with Crippen molar-refractivity contribution in [2.24, 2.45) is 0 Å². The molecule has 0 saturated heterocycles. The minimum atomic E-state index is -7.11. The lowest BCUT2D eigenvalue weighted by atomic mass is 10.0. The number of hydrogen-bond acceptors (Lipinski definition) is 3. The van der Waals surface area contributed by atoms with Gasteiger partial charge < -0.3 is 9.47 Å². The molecule has 0 N–H and O–H groups in total. The van der Waals surface area contributed by atoms with E-state index in [9.17, 15) is 48.3 Å². The highest BCUT2D eigenvalue weighted by atomic mass is 19.4. The average Bonchev–Trinajstić information content (AvgIpc) is 2.76. The van der Waals surface area contributed by atoms with E-state index in [1.54, 1.807) is 24.3 Å². The van der Waals surface area contributed by atoms with Crippen molar-refractivity contribution in [3.05, 3.63) is 54.1 Å². The first-order chi connectivity index (χ1) is 16.4. The largest absolute Gasteiger partial charge is 0.494 e. The summed E-state index contributed by atoms with van der Waals surface area (Å²) < 4.78 is 154. The first-order valence-electron chi connectivity index (χ1n) is 10.1. The maximum atomic E-state index is 14.1. The normalized spacial score (nSPS) is 15.0. The van der Waals surface area contributed by atoms with E-state index in [-0.39, 0.29) is 5.56 Å². The third-order valence-electron chi connectivity index (χ3n) is 4.61. The van der Waals surface area contributed by atoms with Crippen LogP contribution in [0.5, 0.6) is 5.75 Å². The molecule has 1 unspecified atom stereocenters. The second-order valence-electron chi connectivity index (χ2n) is 7.48. The molecule has 0 amide bonds. The van der Waals surface area contributed by atoms with Crippen LogP contribution in [0.4, 0.5) is 48.3 Å². The predicted octanol–water partition coefficient (Wildman–Crippen LogP) is 7.69. The van der Waals surface area contributed by atoms with Gasteiger partial charge in [-0.05, 0) is 35.2 Å². The fourth-order valence-corrected chi connectivity index (χ4v) is 2.66. The summed E-state index contributed by atoms with van der Waals surface area (Å²) in [5.41, 5.74) is 1.49. The Kier molecular flexibility index (Phi) is 8.88. The monoisotopic (exact) mass is 540 g/mol. The van der Waals surface area contributed by atoms with Gasteiger partial charge >= 0.3 is 30.2 Å². The van der Waals surface area contributed by atoms with Gasteiger partial charge in [0.15, 0.2) is 0 Å². The first-order valence-corrected chi connectivity index (χ1v) is 10.1. The Labute approximate surface area is 197 Å². The summed E-state index contributed by atoms with van der Waals surface area (Å²) in [6.45, 7) is -0.821. The van der Waals surface area contributed by atoms with Crippen molar-refractivity contribution >= 4 is 0 Å². The molecule has 3 nitrogen and oxygen atoms in total. The Hall–Kier alpha value is -2.61. The van der Waals surface area contributed by atoms with Gasteiger partial charge in [-0.2, -0.15) is 48.3 Å². The second-order valence-corrected chi connectivity index (χ2v) is 7.48. The highest BCUT2D eigenvalue weighted by Gasteiger charge is 2.78. The van der Waals surface area contributed by atoms with Crippen molar-refractivity contribution < 1.29 is 62.5 Å². The SMILES string of the molecule is CCCOc1ccc(-c2ccc(COCC(F)(OC(F)(F)C(F)(F)C(F)(F)F)C(F)(F)F)cc2)cc1. The molecule has 2 aromatic carbocycles. The van der Waals surface area contributed by atoms with Gasteiger partial charge in [0, 0.05) is 0 Å². The molecule has 0 heterocycles. The van der Waals surface area contributed by atoms with E-state index >= 15 is 0 Å². The van der Waals surface area contributed by atoms with Crippen LogP contribution >= 0.6 is 0 Å².